The van der Waals surface area contributed by atoms with E-state index in [4.69, 9.17) is 0 Å². The second-order valence-corrected chi connectivity index (χ2v) is 5.65. The first kappa shape index (κ1) is 15.8. The number of para-hydroxylation sites is 1. The Morgan fingerprint density at radius 1 is 0.792 bits per heavy atom. The molecule has 0 saturated carbocycles. The molecule has 0 amide bonds. The number of allylic oxidation sites excluding steroid dienone is 1. The fourth-order valence-electron chi connectivity index (χ4n) is 2.50. The third-order valence-corrected chi connectivity index (χ3v) is 3.72. The predicted molar refractivity (Wildman–Crippen MR) is 100.0 cm³/mol. The van der Waals surface area contributed by atoms with Crippen molar-refractivity contribution >= 4 is 17.2 Å². The Balaban J connectivity index is 1.98. The summed E-state index contributed by atoms with van der Waals surface area (Å²) in [5.74, 6) is -0.0180. The highest BCUT2D eigenvalue weighted by molar-refractivity contribution is 6.09. The number of nitrogens with one attached hydrogen (secondary N) is 1. The molecule has 0 aliphatic carbocycles. The van der Waals surface area contributed by atoms with Gasteiger partial charge in [-0.05, 0) is 30.7 Å². The van der Waals surface area contributed by atoms with Crippen molar-refractivity contribution < 1.29 is 4.79 Å². The molecule has 0 aromatic heterocycles. The van der Waals surface area contributed by atoms with Crippen LogP contribution < -0.4 is 5.32 Å². The molecule has 118 valence electrons. The van der Waals surface area contributed by atoms with E-state index in [1.165, 1.54) is 0 Å². The Kier molecular flexibility index (Phi) is 4.87. The molecular weight excluding hydrogens is 294 g/mol. The molecule has 3 aromatic rings. The van der Waals surface area contributed by atoms with Crippen LogP contribution in [0.1, 0.15) is 21.5 Å². The summed E-state index contributed by atoms with van der Waals surface area (Å²) in [6.07, 6.45) is 1.66. The SMILES string of the molecule is Cc1cccc(C(=CC(=O)c2ccccc2)Nc2ccccc2)c1. The highest BCUT2D eigenvalue weighted by Crippen LogP contribution is 2.20. The van der Waals surface area contributed by atoms with Crippen LogP contribution in [0.2, 0.25) is 0 Å². The average Bonchev–Trinajstić information content (AvgIpc) is 2.63. The van der Waals surface area contributed by atoms with E-state index < -0.39 is 0 Å². The van der Waals surface area contributed by atoms with E-state index in [1.807, 2.05) is 85.8 Å². The third kappa shape index (κ3) is 3.99. The minimum absolute atomic E-state index is 0.0180. The van der Waals surface area contributed by atoms with Crippen molar-refractivity contribution in [3.05, 3.63) is 108 Å². The van der Waals surface area contributed by atoms with Crippen LogP contribution in [0.5, 0.6) is 0 Å². The molecular formula is C22H19NO. The fraction of sp³-hybridized carbons (Fsp3) is 0.0455. The molecule has 2 heteroatoms. The molecule has 0 radical (unpaired) electrons. The second-order valence-electron chi connectivity index (χ2n) is 5.65. The Bertz CT molecular complexity index is 851. The van der Waals surface area contributed by atoms with Crippen LogP contribution >= 0.6 is 0 Å². The van der Waals surface area contributed by atoms with Gasteiger partial charge in [0.2, 0.25) is 0 Å². The van der Waals surface area contributed by atoms with Gasteiger partial charge in [0.15, 0.2) is 5.78 Å². The van der Waals surface area contributed by atoms with Crippen molar-refractivity contribution in [1.29, 1.82) is 0 Å². The second kappa shape index (κ2) is 7.42. The number of hydrogen-bond acceptors (Lipinski definition) is 2. The zero-order chi connectivity index (χ0) is 16.8. The van der Waals surface area contributed by atoms with Gasteiger partial charge in [0, 0.05) is 23.0 Å². The number of ketones is 1. The maximum Gasteiger partial charge on any atom is 0.187 e. The minimum Gasteiger partial charge on any atom is -0.355 e. The van der Waals surface area contributed by atoms with E-state index in [2.05, 4.69) is 11.4 Å². The van der Waals surface area contributed by atoms with E-state index in [-0.39, 0.29) is 5.78 Å². The van der Waals surface area contributed by atoms with Crippen molar-refractivity contribution in [3.8, 4) is 0 Å². The summed E-state index contributed by atoms with van der Waals surface area (Å²) in [6.45, 7) is 2.04. The first-order chi connectivity index (χ1) is 11.7. The monoisotopic (exact) mass is 313 g/mol. The lowest BCUT2D eigenvalue weighted by Gasteiger charge is -2.12. The van der Waals surface area contributed by atoms with Gasteiger partial charge in [0.25, 0.3) is 0 Å². The summed E-state index contributed by atoms with van der Waals surface area (Å²) in [5.41, 5.74) is 4.56. The first-order valence-electron chi connectivity index (χ1n) is 7.92. The zero-order valence-corrected chi connectivity index (χ0v) is 13.6. The van der Waals surface area contributed by atoms with Crippen molar-refractivity contribution in [2.45, 2.75) is 6.92 Å². The van der Waals surface area contributed by atoms with Crippen LogP contribution in [0.25, 0.3) is 5.70 Å². The Morgan fingerprint density at radius 3 is 2.08 bits per heavy atom. The maximum atomic E-state index is 12.6. The smallest absolute Gasteiger partial charge is 0.187 e. The summed E-state index contributed by atoms with van der Waals surface area (Å²) < 4.78 is 0. The first-order valence-corrected chi connectivity index (χ1v) is 7.92. The van der Waals surface area contributed by atoms with Crippen molar-refractivity contribution in [2.24, 2.45) is 0 Å². The zero-order valence-electron chi connectivity index (χ0n) is 13.6. The van der Waals surface area contributed by atoms with Crippen LogP contribution in [-0.2, 0) is 0 Å². The van der Waals surface area contributed by atoms with Crippen molar-refractivity contribution in [3.63, 3.8) is 0 Å². The molecule has 0 unspecified atom stereocenters. The summed E-state index contributed by atoms with van der Waals surface area (Å²) in [4.78, 5) is 12.6. The highest BCUT2D eigenvalue weighted by atomic mass is 16.1. The topological polar surface area (TPSA) is 29.1 Å². The van der Waals surface area contributed by atoms with E-state index >= 15 is 0 Å². The largest absolute Gasteiger partial charge is 0.355 e. The van der Waals surface area contributed by atoms with Crippen molar-refractivity contribution in [1.82, 2.24) is 0 Å². The quantitative estimate of drug-likeness (QED) is 0.509. The molecule has 0 spiro atoms. The molecule has 1 N–H and O–H groups in total. The lowest BCUT2D eigenvalue weighted by molar-refractivity contribution is 0.104. The molecule has 0 atom stereocenters. The standard InChI is InChI=1S/C22H19NO/c1-17-9-8-12-19(15-17)21(23-20-13-6-3-7-14-20)16-22(24)18-10-4-2-5-11-18/h2-16,23H,1H3. The molecule has 3 rings (SSSR count). The van der Waals surface area contributed by atoms with Crippen LogP contribution in [-0.4, -0.2) is 5.78 Å². The Hall–Kier alpha value is -3.13. The summed E-state index contributed by atoms with van der Waals surface area (Å²) >= 11 is 0. The van der Waals surface area contributed by atoms with Gasteiger partial charge in [0.1, 0.15) is 0 Å². The lowest BCUT2D eigenvalue weighted by Crippen LogP contribution is -2.03. The van der Waals surface area contributed by atoms with Gasteiger partial charge in [-0.3, -0.25) is 4.79 Å². The van der Waals surface area contributed by atoms with Gasteiger partial charge in [-0.25, -0.2) is 0 Å². The van der Waals surface area contributed by atoms with E-state index in [0.717, 1.165) is 22.5 Å². The van der Waals surface area contributed by atoms with E-state index in [9.17, 15) is 4.79 Å². The maximum absolute atomic E-state index is 12.6. The van der Waals surface area contributed by atoms with Gasteiger partial charge in [-0.1, -0.05) is 72.3 Å². The number of benzene rings is 3. The van der Waals surface area contributed by atoms with Crippen LogP contribution in [0.15, 0.2) is 91.0 Å². The van der Waals surface area contributed by atoms with Crippen molar-refractivity contribution in [2.75, 3.05) is 5.32 Å². The summed E-state index contributed by atoms with van der Waals surface area (Å²) in [6, 6.07) is 27.3. The van der Waals surface area contributed by atoms with Crippen LogP contribution in [0.3, 0.4) is 0 Å². The van der Waals surface area contributed by atoms with Crippen LogP contribution in [0.4, 0.5) is 5.69 Å². The molecule has 0 bridgehead atoms. The number of aryl methyl sites for hydroxylation is 1. The molecule has 0 saturated heterocycles. The molecule has 0 aliphatic heterocycles. The number of carbonyl (C=O) groups excluding carboxylic acids is 1. The van der Waals surface area contributed by atoms with Gasteiger partial charge in [-0.15, -0.1) is 0 Å². The average molecular weight is 313 g/mol. The van der Waals surface area contributed by atoms with Gasteiger partial charge in [0.05, 0.1) is 0 Å². The molecule has 2 nitrogen and oxygen atoms in total. The highest BCUT2D eigenvalue weighted by Gasteiger charge is 2.08. The Morgan fingerprint density at radius 2 is 1.42 bits per heavy atom. The number of carbonyl (C=O) groups is 1. The predicted octanol–water partition coefficient (Wildman–Crippen LogP) is 5.33. The van der Waals surface area contributed by atoms with E-state index in [0.29, 0.717) is 5.56 Å². The number of anilines is 1. The third-order valence-electron chi connectivity index (χ3n) is 3.72. The molecule has 24 heavy (non-hydrogen) atoms. The van der Waals surface area contributed by atoms with Gasteiger partial charge < -0.3 is 5.32 Å². The van der Waals surface area contributed by atoms with Gasteiger partial charge >= 0.3 is 0 Å². The summed E-state index contributed by atoms with van der Waals surface area (Å²) in [7, 11) is 0. The summed E-state index contributed by atoms with van der Waals surface area (Å²) in [5, 5.41) is 3.36. The fourth-order valence-corrected chi connectivity index (χ4v) is 2.50. The van der Waals surface area contributed by atoms with Crippen LogP contribution in [0, 0.1) is 6.92 Å². The molecule has 0 heterocycles. The molecule has 0 fully saturated rings. The molecule has 0 aliphatic rings. The number of hydrogen-bond donors (Lipinski definition) is 1. The van der Waals surface area contributed by atoms with E-state index in [1.54, 1.807) is 6.08 Å². The van der Waals surface area contributed by atoms with Gasteiger partial charge in [-0.2, -0.15) is 0 Å². The normalized spacial score (nSPS) is 11.1. The lowest BCUT2D eigenvalue weighted by atomic mass is 10.0. The molecule has 3 aromatic carbocycles. The number of rotatable bonds is 5. The minimum atomic E-state index is -0.0180. The Labute approximate surface area is 142 Å².